The van der Waals surface area contributed by atoms with Gasteiger partial charge < -0.3 is 11.1 Å². The average Bonchev–Trinajstić information content (AvgIpc) is 2.42. The second-order valence-corrected chi connectivity index (χ2v) is 5.62. The molecule has 0 saturated carbocycles. The zero-order valence-corrected chi connectivity index (χ0v) is 13.5. The highest BCUT2D eigenvalue weighted by Crippen LogP contribution is 2.20. The van der Waals surface area contributed by atoms with E-state index in [4.69, 9.17) is 18.0 Å². The molecular formula is C13H22N4S2. The van der Waals surface area contributed by atoms with Gasteiger partial charge in [-0.25, -0.2) is 0 Å². The highest BCUT2D eigenvalue weighted by Gasteiger charge is 2.16. The summed E-state index contributed by atoms with van der Waals surface area (Å²) in [5.74, 6) is 1.85. The second kappa shape index (κ2) is 8.32. The van der Waals surface area contributed by atoms with E-state index in [1.807, 2.05) is 11.8 Å². The normalized spacial score (nSPS) is 10.5. The van der Waals surface area contributed by atoms with Gasteiger partial charge in [0, 0.05) is 6.54 Å². The summed E-state index contributed by atoms with van der Waals surface area (Å²) < 4.78 is 0. The van der Waals surface area contributed by atoms with Crippen LogP contribution in [0.1, 0.15) is 37.1 Å². The number of aromatic nitrogens is 2. The number of anilines is 1. The Morgan fingerprint density at radius 1 is 1.32 bits per heavy atom. The number of nitrogens with zero attached hydrogens (tertiary/aromatic N) is 2. The van der Waals surface area contributed by atoms with Gasteiger partial charge in [-0.05, 0) is 36.8 Å². The van der Waals surface area contributed by atoms with Crippen LogP contribution in [0.5, 0.6) is 0 Å². The molecule has 0 aromatic carbocycles. The third kappa shape index (κ3) is 4.31. The molecule has 0 radical (unpaired) electrons. The summed E-state index contributed by atoms with van der Waals surface area (Å²) in [6, 6.07) is 0. The van der Waals surface area contributed by atoms with Gasteiger partial charge >= 0.3 is 0 Å². The summed E-state index contributed by atoms with van der Waals surface area (Å²) in [7, 11) is 0. The molecule has 0 amide bonds. The lowest BCUT2D eigenvalue weighted by atomic mass is 10.0. The number of hydrogen-bond acceptors (Lipinski definition) is 5. The Morgan fingerprint density at radius 2 is 2.05 bits per heavy atom. The quantitative estimate of drug-likeness (QED) is 0.567. The summed E-state index contributed by atoms with van der Waals surface area (Å²) in [4.78, 5) is 0.397. The van der Waals surface area contributed by atoms with Crippen molar-refractivity contribution in [3.63, 3.8) is 0 Å². The van der Waals surface area contributed by atoms with Gasteiger partial charge in [-0.2, -0.15) is 16.9 Å². The van der Waals surface area contributed by atoms with E-state index in [0.717, 1.165) is 54.2 Å². The smallest absolute Gasteiger partial charge is 0.159 e. The van der Waals surface area contributed by atoms with Gasteiger partial charge in [-0.1, -0.05) is 26.1 Å². The fourth-order valence-electron chi connectivity index (χ4n) is 1.99. The lowest BCUT2D eigenvalue weighted by molar-refractivity contribution is 0.866. The summed E-state index contributed by atoms with van der Waals surface area (Å²) in [6.45, 7) is 5.02. The first-order chi connectivity index (χ1) is 9.15. The molecule has 1 rings (SSSR count). The Bertz CT molecular complexity index is 435. The second-order valence-electron chi connectivity index (χ2n) is 4.19. The standard InChI is InChI=1S/C13H22N4S2/c1-4-9-10(5-2)16-17-13(11(9)12(14)18)15-7-6-8-19-3/h4-8H2,1-3H3,(H2,14,18)(H,15,17). The number of nitrogens with one attached hydrogen (secondary N) is 1. The highest BCUT2D eigenvalue weighted by molar-refractivity contribution is 7.98. The number of nitrogens with two attached hydrogens (primary N) is 1. The average molecular weight is 298 g/mol. The molecule has 0 atom stereocenters. The predicted molar refractivity (Wildman–Crippen MR) is 88.2 cm³/mol. The molecule has 4 nitrogen and oxygen atoms in total. The SMILES string of the molecule is CCc1nnc(NCCCSC)c(C(N)=S)c1CC. The molecule has 0 aliphatic rings. The minimum atomic E-state index is 0.397. The van der Waals surface area contributed by atoms with Crippen LogP contribution < -0.4 is 11.1 Å². The Morgan fingerprint density at radius 3 is 2.58 bits per heavy atom. The van der Waals surface area contributed by atoms with Crippen LogP contribution in [0.3, 0.4) is 0 Å². The van der Waals surface area contributed by atoms with Crippen LogP contribution >= 0.6 is 24.0 Å². The van der Waals surface area contributed by atoms with Crippen molar-refractivity contribution in [2.24, 2.45) is 5.73 Å². The third-order valence-corrected chi connectivity index (χ3v) is 3.81. The molecular weight excluding hydrogens is 276 g/mol. The molecule has 19 heavy (non-hydrogen) atoms. The molecule has 106 valence electrons. The Kier molecular flexibility index (Phi) is 7.09. The van der Waals surface area contributed by atoms with Crippen molar-refractivity contribution < 1.29 is 0 Å². The van der Waals surface area contributed by atoms with Crippen LogP contribution in [0.25, 0.3) is 0 Å². The van der Waals surface area contributed by atoms with Gasteiger partial charge in [-0.15, -0.1) is 5.10 Å². The van der Waals surface area contributed by atoms with E-state index < -0.39 is 0 Å². The lowest BCUT2D eigenvalue weighted by Crippen LogP contribution is -2.20. The van der Waals surface area contributed by atoms with Crippen molar-refractivity contribution in [1.82, 2.24) is 10.2 Å². The maximum Gasteiger partial charge on any atom is 0.159 e. The van der Waals surface area contributed by atoms with Crippen LogP contribution in [0.15, 0.2) is 0 Å². The molecule has 0 saturated heterocycles. The van der Waals surface area contributed by atoms with E-state index in [0.29, 0.717) is 4.99 Å². The fourth-order valence-corrected chi connectivity index (χ4v) is 2.64. The van der Waals surface area contributed by atoms with Gasteiger partial charge in [-0.3, -0.25) is 0 Å². The number of aryl methyl sites for hydroxylation is 1. The summed E-state index contributed by atoms with van der Waals surface area (Å²) in [5.41, 5.74) is 8.84. The van der Waals surface area contributed by atoms with Crippen LogP contribution in [0.4, 0.5) is 5.82 Å². The molecule has 1 heterocycles. The van der Waals surface area contributed by atoms with Crippen molar-refractivity contribution in [3.05, 3.63) is 16.8 Å². The molecule has 1 aromatic rings. The van der Waals surface area contributed by atoms with Crippen molar-refractivity contribution in [3.8, 4) is 0 Å². The molecule has 0 aliphatic carbocycles. The molecule has 0 bridgehead atoms. The van der Waals surface area contributed by atoms with E-state index >= 15 is 0 Å². The lowest BCUT2D eigenvalue weighted by Gasteiger charge is -2.15. The first kappa shape index (κ1) is 16.2. The van der Waals surface area contributed by atoms with Crippen LogP contribution in [0, 0.1) is 0 Å². The number of thiocarbonyl (C=S) groups is 1. The number of rotatable bonds is 8. The van der Waals surface area contributed by atoms with Crippen LogP contribution in [0.2, 0.25) is 0 Å². The zero-order chi connectivity index (χ0) is 14.3. The van der Waals surface area contributed by atoms with E-state index in [9.17, 15) is 0 Å². The molecule has 3 N–H and O–H groups in total. The first-order valence-corrected chi connectivity index (χ1v) is 8.36. The maximum absolute atomic E-state index is 5.86. The molecule has 0 aliphatic heterocycles. The minimum Gasteiger partial charge on any atom is -0.389 e. The first-order valence-electron chi connectivity index (χ1n) is 6.56. The van der Waals surface area contributed by atoms with E-state index in [2.05, 4.69) is 35.6 Å². The maximum atomic E-state index is 5.86. The van der Waals surface area contributed by atoms with Crippen molar-refractivity contribution >= 4 is 34.8 Å². The number of thioether (sulfide) groups is 1. The summed E-state index contributed by atoms with van der Waals surface area (Å²) >= 11 is 7.01. The van der Waals surface area contributed by atoms with Gasteiger partial charge in [0.1, 0.15) is 4.99 Å². The van der Waals surface area contributed by atoms with E-state index in [-0.39, 0.29) is 0 Å². The van der Waals surface area contributed by atoms with E-state index in [1.165, 1.54) is 0 Å². The zero-order valence-electron chi connectivity index (χ0n) is 11.8. The van der Waals surface area contributed by atoms with Gasteiger partial charge in [0.05, 0.1) is 11.3 Å². The Balaban J connectivity index is 3.00. The largest absolute Gasteiger partial charge is 0.389 e. The number of hydrogen-bond donors (Lipinski definition) is 2. The van der Waals surface area contributed by atoms with Crippen LogP contribution in [-0.4, -0.2) is 33.7 Å². The predicted octanol–water partition coefficient (Wildman–Crippen LogP) is 2.40. The van der Waals surface area contributed by atoms with Gasteiger partial charge in [0.25, 0.3) is 0 Å². The molecule has 0 unspecified atom stereocenters. The third-order valence-electron chi connectivity index (χ3n) is 2.91. The monoisotopic (exact) mass is 298 g/mol. The minimum absolute atomic E-state index is 0.397. The van der Waals surface area contributed by atoms with Crippen LogP contribution in [-0.2, 0) is 12.8 Å². The Labute approximate surface area is 124 Å². The topological polar surface area (TPSA) is 63.8 Å². The van der Waals surface area contributed by atoms with Gasteiger partial charge in [0.2, 0.25) is 0 Å². The summed E-state index contributed by atoms with van der Waals surface area (Å²) in [6.07, 6.45) is 4.89. The molecule has 0 spiro atoms. The summed E-state index contributed by atoms with van der Waals surface area (Å²) in [5, 5.41) is 11.8. The molecule has 0 fully saturated rings. The fraction of sp³-hybridized carbons (Fsp3) is 0.615. The Hall–Kier alpha value is -0.880. The van der Waals surface area contributed by atoms with Crippen molar-refractivity contribution in [2.45, 2.75) is 33.1 Å². The van der Waals surface area contributed by atoms with Crippen molar-refractivity contribution in [2.75, 3.05) is 23.9 Å². The molecule has 1 aromatic heterocycles. The van der Waals surface area contributed by atoms with E-state index in [1.54, 1.807) is 0 Å². The van der Waals surface area contributed by atoms with Crippen molar-refractivity contribution in [1.29, 1.82) is 0 Å². The van der Waals surface area contributed by atoms with Gasteiger partial charge in [0.15, 0.2) is 5.82 Å². The molecule has 6 heteroatoms. The highest BCUT2D eigenvalue weighted by atomic mass is 32.2.